The third kappa shape index (κ3) is 8.64. The maximum atomic E-state index is 14.2. The van der Waals surface area contributed by atoms with E-state index < -0.39 is 28.6 Å². The number of pyridine rings is 1. The van der Waals surface area contributed by atoms with Gasteiger partial charge < -0.3 is 25.2 Å². The van der Waals surface area contributed by atoms with Crippen molar-refractivity contribution in [3.8, 4) is 5.69 Å². The normalized spacial score (nSPS) is 16.7. The molecule has 2 amide bonds. The van der Waals surface area contributed by atoms with Gasteiger partial charge in [-0.2, -0.15) is 13.2 Å². The van der Waals surface area contributed by atoms with E-state index in [-0.39, 0.29) is 17.3 Å². The lowest BCUT2D eigenvalue weighted by molar-refractivity contribution is -0.138. The average Bonchev–Trinajstić information content (AvgIpc) is 3.54. The smallest absolute Gasteiger partial charge is 0.379 e. The zero-order valence-corrected chi connectivity index (χ0v) is 27.2. The van der Waals surface area contributed by atoms with Crippen LogP contribution in [0.1, 0.15) is 59.3 Å². The van der Waals surface area contributed by atoms with Gasteiger partial charge in [-0.1, -0.05) is 26.0 Å². The van der Waals surface area contributed by atoms with Crippen molar-refractivity contribution in [3.05, 3.63) is 59.2 Å². The van der Waals surface area contributed by atoms with Crippen molar-refractivity contribution >= 4 is 23.2 Å². The Morgan fingerprint density at radius 1 is 0.979 bits per heavy atom. The maximum absolute atomic E-state index is 14.2. The highest BCUT2D eigenvalue weighted by molar-refractivity contribution is 6.07. The minimum atomic E-state index is -4.77. The molecule has 2 N–H and O–H groups in total. The van der Waals surface area contributed by atoms with Gasteiger partial charge in [-0.25, -0.2) is 4.68 Å². The van der Waals surface area contributed by atoms with E-state index in [0.29, 0.717) is 49.9 Å². The lowest BCUT2D eigenvalue weighted by Crippen LogP contribution is -2.44. The summed E-state index contributed by atoms with van der Waals surface area (Å²) in [5.41, 5.74) is -0.508. The van der Waals surface area contributed by atoms with Gasteiger partial charge in [0.15, 0.2) is 5.69 Å². The number of hydrogen-bond acceptors (Lipinski definition) is 9. The molecule has 0 spiro atoms. The van der Waals surface area contributed by atoms with Crippen molar-refractivity contribution < 1.29 is 27.5 Å². The van der Waals surface area contributed by atoms with Crippen molar-refractivity contribution in [2.24, 2.45) is 0 Å². The first-order valence-electron chi connectivity index (χ1n) is 15.8. The highest BCUT2D eigenvalue weighted by atomic mass is 19.4. The summed E-state index contributed by atoms with van der Waals surface area (Å²) in [5, 5.41) is 13.7. The maximum Gasteiger partial charge on any atom is 0.417 e. The molecular weight excluding hydrogens is 615 g/mol. The number of carbonyl (C=O) groups excluding carboxylic acids is 2. The van der Waals surface area contributed by atoms with Crippen LogP contribution < -0.4 is 15.5 Å². The molecule has 3 aromatic rings. The van der Waals surface area contributed by atoms with E-state index in [1.54, 1.807) is 39.0 Å². The number of benzene rings is 1. The zero-order valence-electron chi connectivity index (χ0n) is 27.2. The van der Waals surface area contributed by atoms with E-state index in [1.165, 1.54) is 10.9 Å². The largest absolute Gasteiger partial charge is 0.417 e. The Morgan fingerprint density at radius 3 is 2.38 bits per heavy atom. The molecule has 2 aromatic heterocycles. The number of amides is 2. The molecule has 12 nitrogen and oxygen atoms in total. The number of piperazine rings is 1. The fraction of sp³-hybridized carbons (Fsp3) is 0.531. The monoisotopic (exact) mass is 657 g/mol. The Morgan fingerprint density at radius 2 is 1.70 bits per heavy atom. The van der Waals surface area contributed by atoms with E-state index in [2.05, 4.69) is 40.6 Å². The quantitative estimate of drug-likeness (QED) is 0.334. The first kappa shape index (κ1) is 34.3. The minimum Gasteiger partial charge on any atom is -0.379 e. The summed E-state index contributed by atoms with van der Waals surface area (Å²) >= 11 is 0. The van der Waals surface area contributed by atoms with Crippen LogP contribution in [0.5, 0.6) is 0 Å². The molecule has 0 radical (unpaired) electrons. The van der Waals surface area contributed by atoms with Crippen molar-refractivity contribution in [2.75, 3.05) is 82.8 Å². The lowest BCUT2D eigenvalue weighted by Gasteiger charge is -2.35. The van der Waals surface area contributed by atoms with Gasteiger partial charge in [0.05, 0.1) is 47.6 Å². The zero-order chi connectivity index (χ0) is 33.8. The van der Waals surface area contributed by atoms with Crippen LogP contribution in [0.2, 0.25) is 0 Å². The van der Waals surface area contributed by atoms with Crippen LogP contribution in [-0.2, 0) is 16.3 Å². The van der Waals surface area contributed by atoms with E-state index in [9.17, 15) is 22.8 Å². The number of aromatic nitrogens is 4. The molecule has 2 fully saturated rings. The molecule has 47 heavy (non-hydrogen) atoms. The summed E-state index contributed by atoms with van der Waals surface area (Å²) < 4.78 is 49.3. The number of alkyl halides is 3. The molecule has 4 heterocycles. The van der Waals surface area contributed by atoms with E-state index >= 15 is 0 Å². The molecule has 2 saturated heterocycles. The number of nitrogens with one attached hydrogen (secondary N) is 2. The third-order valence-corrected chi connectivity index (χ3v) is 8.33. The lowest BCUT2D eigenvalue weighted by atomic mass is 9.90. The first-order chi connectivity index (χ1) is 22.3. The third-order valence-electron chi connectivity index (χ3n) is 8.33. The molecule has 1 aromatic carbocycles. The SMILES string of the molecule is CN1CCN(c2ccc(-n3cc(C(=O)NCCCN4CCOCC4)nn3)cc2NC(=O)c2cnc(C(C)(C)C)cc2C(F)(F)F)CC1. The molecular formula is C32H42F3N9O3. The molecule has 254 valence electrons. The first-order valence-corrected chi connectivity index (χ1v) is 15.8. The summed E-state index contributed by atoms with van der Waals surface area (Å²) in [6, 6.07) is 6.11. The minimum absolute atomic E-state index is 0.116. The van der Waals surface area contributed by atoms with Crippen molar-refractivity contribution in [3.63, 3.8) is 0 Å². The van der Waals surface area contributed by atoms with Crippen LogP contribution in [0.15, 0.2) is 36.7 Å². The molecule has 2 aliphatic rings. The van der Waals surface area contributed by atoms with Crippen LogP contribution in [0.3, 0.4) is 0 Å². The topological polar surface area (TPSA) is 121 Å². The Labute approximate surface area is 272 Å². The Kier molecular flexibility index (Phi) is 10.5. The molecule has 5 rings (SSSR count). The molecule has 0 atom stereocenters. The van der Waals surface area contributed by atoms with Crippen LogP contribution in [0, 0.1) is 0 Å². The van der Waals surface area contributed by atoms with Gasteiger partial charge in [0.2, 0.25) is 0 Å². The molecule has 0 saturated carbocycles. The predicted octanol–water partition coefficient (Wildman–Crippen LogP) is 3.43. The fourth-order valence-corrected chi connectivity index (χ4v) is 5.47. The highest BCUT2D eigenvalue weighted by Crippen LogP contribution is 2.36. The Bertz CT molecular complexity index is 1560. The van der Waals surface area contributed by atoms with Gasteiger partial charge in [0.25, 0.3) is 11.8 Å². The number of carbonyl (C=O) groups is 2. The summed E-state index contributed by atoms with van der Waals surface area (Å²) in [5.74, 6) is -1.31. The van der Waals surface area contributed by atoms with E-state index in [4.69, 9.17) is 4.74 Å². The molecule has 0 aliphatic carbocycles. The second-order valence-electron chi connectivity index (χ2n) is 12.9. The fourth-order valence-electron chi connectivity index (χ4n) is 5.47. The van der Waals surface area contributed by atoms with Gasteiger partial charge in [0, 0.05) is 63.1 Å². The van der Waals surface area contributed by atoms with Crippen LogP contribution in [0.25, 0.3) is 5.69 Å². The molecule has 2 aliphatic heterocycles. The van der Waals surface area contributed by atoms with Gasteiger partial charge >= 0.3 is 6.18 Å². The number of ether oxygens (including phenoxy) is 1. The van der Waals surface area contributed by atoms with Crippen LogP contribution in [0.4, 0.5) is 24.5 Å². The molecule has 0 unspecified atom stereocenters. The van der Waals surface area contributed by atoms with Crippen molar-refractivity contribution in [2.45, 2.75) is 38.8 Å². The molecule has 0 bridgehead atoms. The highest BCUT2D eigenvalue weighted by Gasteiger charge is 2.37. The Hall–Kier alpha value is -4.08. The van der Waals surface area contributed by atoms with Crippen LogP contribution >= 0.6 is 0 Å². The average molecular weight is 658 g/mol. The van der Waals surface area contributed by atoms with Gasteiger partial charge in [0.1, 0.15) is 0 Å². The van der Waals surface area contributed by atoms with Gasteiger partial charge in [-0.3, -0.25) is 19.5 Å². The summed E-state index contributed by atoms with van der Waals surface area (Å²) in [7, 11) is 2.01. The number of morpholine rings is 1. The van der Waals surface area contributed by atoms with Crippen molar-refractivity contribution in [1.82, 2.24) is 35.1 Å². The standard InChI is InChI=1S/C32H42F3N9O3/c1-31(2,3)28-19-24(32(33,34)35)23(20-37-28)29(45)38-25-18-22(6-7-27(25)43-12-10-41(4)11-13-43)44-21-26(39-40-44)30(46)36-8-5-9-42-14-16-47-17-15-42/h6-7,18-21H,5,8-17H2,1-4H3,(H,36,46)(H,38,45). The number of rotatable bonds is 9. The summed E-state index contributed by atoms with van der Waals surface area (Å²) in [6.07, 6.45) is -1.52. The predicted molar refractivity (Wildman–Crippen MR) is 171 cm³/mol. The van der Waals surface area contributed by atoms with Gasteiger partial charge in [-0.05, 0) is 44.3 Å². The molecule has 15 heteroatoms. The van der Waals surface area contributed by atoms with Crippen LogP contribution in [-0.4, -0.2) is 114 Å². The second kappa shape index (κ2) is 14.4. The number of anilines is 2. The van der Waals surface area contributed by atoms with Gasteiger partial charge in [-0.15, -0.1) is 5.10 Å². The summed E-state index contributed by atoms with van der Waals surface area (Å²) in [4.78, 5) is 37.0. The van der Waals surface area contributed by atoms with E-state index in [0.717, 1.165) is 51.4 Å². The van der Waals surface area contributed by atoms with Crippen molar-refractivity contribution in [1.29, 1.82) is 0 Å². The number of nitrogens with zero attached hydrogens (tertiary/aromatic N) is 7. The summed E-state index contributed by atoms with van der Waals surface area (Å²) in [6.45, 7) is 12.7. The number of hydrogen-bond donors (Lipinski definition) is 2. The second-order valence-corrected chi connectivity index (χ2v) is 12.9. The number of halogens is 3. The Balaban J connectivity index is 1.36. The number of likely N-dealkylation sites (N-methyl/N-ethyl adjacent to an activating group) is 1. The van der Waals surface area contributed by atoms with E-state index in [1.807, 2.05) is 7.05 Å².